The number of carboxylic acid groups (broad SMARTS) is 1. The van der Waals surface area contributed by atoms with E-state index in [1.807, 2.05) is 0 Å². The number of aromatic carboxylic acids is 1. The molecule has 0 unspecified atom stereocenters. The van der Waals surface area contributed by atoms with Crippen molar-refractivity contribution in [2.75, 3.05) is 12.4 Å². The molecule has 0 aliphatic carbocycles. The van der Waals surface area contributed by atoms with Crippen LogP contribution in [0.1, 0.15) is 26.3 Å². The molecular weight excluding hydrogens is 350 g/mol. The molecule has 5 nitrogen and oxygen atoms in total. The molecular formula is C16H13BrNO4-. The molecule has 0 fully saturated rings. The van der Waals surface area contributed by atoms with E-state index in [-0.39, 0.29) is 5.56 Å². The molecule has 0 saturated heterocycles. The number of hydrogen-bond acceptors (Lipinski definition) is 4. The molecule has 6 heteroatoms. The Hall–Kier alpha value is -2.34. The Morgan fingerprint density at radius 3 is 2.55 bits per heavy atom. The number of carboxylic acids is 1. The average molecular weight is 363 g/mol. The predicted molar refractivity (Wildman–Crippen MR) is 84.2 cm³/mol. The van der Waals surface area contributed by atoms with Gasteiger partial charge in [0, 0.05) is 15.7 Å². The smallest absolute Gasteiger partial charge is 0.259 e. The van der Waals surface area contributed by atoms with Crippen LogP contribution in [0.3, 0.4) is 0 Å². The molecule has 0 saturated carbocycles. The molecule has 2 aromatic rings. The topological polar surface area (TPSA) is 78.5 Å². The average Bonchev–Trinajstić information content (AvgIpc) is 2.49. The second-order valence-electron chi connectivity index (χ2n) is 4.56. The lowest BCUT2D eigenvalue weighted by Gasteiger charge is -2.14. The summed E-state index contributed by atoms with van der Waals surface area (Å²) in [5.74, 6) is -1.25. The number of rotatable bonds is 4. The first-order valence-corrected chi connectivity index (χ1v) is 7.19. The second-order valence-corrected chi connectivity index (χ2v) is 5.48. The zero-order chi connectivity index (χ0) is 16.3. The molecule has 0 heterocycles. The Morgan fingerprint density at radius 2 is 1.91 bits per heavy atom. The van der Waals surface area contributed by atoms with Crippen molar-refractivity contribution in [2.24, 2.45) is 0 Å². The molecule has 0 aliphatic rings. The van der Waals surface area contributed by atoms with Gasteiger partial charge in [-0.3, -0.25) is 4.79 Å². The van der Waals surface area contributed by atoms with Crippen LogP contribution in [0.15, 0.2) is 40.9 Å². The van der Waals surface area contributed by atoms with Gasteiger partial charge < -0.3 is 20.0 Å². The van der Waals surface area contributed by atoms with Crippen LogP contribution < -0.4 is 15.2 Å². The van der Waals surface area contributed by atoms with Crippen molar-refractivity contribution in [3.8, 4) is 5.75 Å². The van der Waals surface area contributed by atoms with Gasteiger partial charge >= 0.3 is 0 Å². The van der Waals surface area contributed by atoms with E-state index in [0.29, 0.717) is 22.6 Å². The number of ether oxygens (including phenoxy) is 1. The molecule has 2 rings (SSSR count). The van der Waals surface area contributed by atoms with E-state index in [0.717, 1.165) is 4.47 Å². The lowest BCUT2D eigenvalue weighted by Crippen LogP contribution is -2.24. The van der Waals surface area contributed by atoms with Gasteiger partial charge in [-0.15, -0.1) is 0 Å². The van der Waals surface area contributed by atoms with Gasteiger partial charge in [-0.05, 0) is 36.8 Å². The Kier molecular flexibility index (Phi) is 4.82. The second kappa shape index (κ2) is 6.62. The van der Waals surface area contributed by atoms with Crippen LogP contribution in [0.4, 0.5) is 5.69 Å². The maximum absolute atomic E-state index is 12.4. The minimum Gasteiger partial charge on any atom is -0.545 e. The summed E-state index contributed by atoms with van der Waals surface area (Å²) in [7, 11) is 1.47. The molecule has 114 valence electrons. The van der Waals surface area contributed by atoms with E-state index < -0.39 is 11.9 Å². The molecule has 1 N–H and O–H groups in total. The molecule has 0 spiro atoms. The standard InChI is InChI=1S/C16H14BrNO4/c1-9-11(16(20)21)4-3-5-13(9)18-15(19)12-8-10(17)6-7-14(12)22-2/h3-8H,1-2H3,(H,18,19)(H,20,21)/p-1. The number of halogens is 1. The van der Waals surface area contributed by atoms with Crippen LogP contribution in [0, 0.1) is 6.92 Å². The molecule has 0 atom stereocenters. The van der Waals surface area contributed by atoms with Gasteiger partial charge in [-0.2, -0.15) is 0 Å². The van der Waals surface area contributed by atoms with E-state index in [2.05, 4.69) is 21.2 Å². The van der Waals surface area contributed by atoms with Crippen molar-refractivity contribution in [3.05, 3.63) is 57.6 Å². The van der Waals surface area contributed by atoms with Crippen LogP contribution in [-0.2, 0) is 0 Å². The molecule has 1 amide bonds. The van der Waals surface area contributed by atoms with Crippen molar-refractivity contribution in [1.82, 2.24) is 0 Å². The minimum atomic E-state index is -1.28. The first kappa shape index (κ1) is 16.0. The summed E-state index contributed by atoms with van der Waals surface area (Å²) in [5.41, 5.74) is 1.23. The van der Waals surface area contributed by atoms with Crippen LogP contribution in [0.25, 0.3) is 0 Å². The number of hydrogen-bond donors (Lipinski definition) is 1. The Labute approximate surface area is 136 Å². The van der Waals surface area contributed by atoms with Crippen LogP contribution >= 0.6 is 15.9 Å². The fraction of sp³-hybridized carbons (Fsp3) is 0.125. The summed E-state index contributed by atoms with van der Waals surface area (Å²) in [5, 5.41) is 13.7. The van der Waals surface area contributed by atoms with E-state index in [1.165, 1.54) is 13.2 Å². The van der Waals surface area contributed by atoms with Crippen molar-refractivity contribution in [2.45, 2.75) is 6.92 Å². The zero-order valence-electron chi connectivity index (χ0n) is 12.0. The van der Waals surface area contributed by atoms with E-state index in [9.17, 15) is 14.7 Å². The maximum Gasteiger partial charge on any atom is 0.259 e. The number of carbonyl (C=O) groups excluding carboxylic acids is 2. The van der Waals surface area contributed by atoms with Gasteiger partial charge in [-0.25, -0.2) is 0 Å². The van der Waals surface area contributed by atoms with Gasteiger partial charge in [0.25, 0.3) is 5.91 Å². The Morgan fingerprint density at radius 1 is 1.18 bits per heavy atom. The molecule has 22 heavy (non-hydrogen) atoms. The fourth-order valence-electron chi connectivity index (χ4n) is 2.04. The number of carbonyl (C=O) groups is 2. The van der Waals surface area contributed by atoms with Crippen molar-refractivity contribution < 1.29 is 19.4 Å². The highest BCUT2D eigenvalue weighted by Gasteiger charge is 2.15. The highest BCUT2D eigenvalue weighted by Crippen LogP contribution is 2.25. The van der Waals surface area contributed by atoms with Crippen molar-refractivity contribution in [3.63, 3.8) is 0 Å². The summed E-state index contributed by atoms with van der Waals surface area (Å²) in [6, 6.07) is 9.67. The molecule has 0 aromatic heterocycles. The van der Waals surface area contributed by atoms with Crippen LogP contribution in [0.5, 0.6) is 5.75 Å². The van der Waals surface area contributed by atoms with E-state index in [4.69, 9.17) is 4.74 Å². The van der Waals surface area contributed by atoms with Gasteiger partial charge in [0.15, 0.2) is 0 Å². The van der Waals surface area contributed by atoms with Gasteiger partial charge in [0.05, 0.1) is 18.6 Å². The van der Waals surface area contributed by atoms with Gasteiger partial charge in [-0.1, -0.05) is 28.1 Å². The summed E-state index contributed by atoms with van der Waals surface area (Å²) in [4.78, 5) is 23.4. The summed E-state index contributed by atoms with van der Waals surface area (Å²) in [6.45, 7) is 1.61. The maximum atomic E-state index is 12.4. The monoisotopic (exact) mass is 362 g/mol. The van der Waals surface area contributed by atoms with Crippen molar-refractivity contribution in [1.29, 1.82) is 0 Å². The summed E-state index contributed by atoms with van der Waals surface area (Å²) >= 11 is 3.30. The molecule has 2 aromatic carbocycles. The number of anilines is 1. The molecule has 0 radical (unpaired) electrons. The Balaban J connectivity index is 2.36. The first-order valence-electron chi connectivity index (χ1n) is 6.40. The third-order valence-electron chi connectivity index (χ3n) is 3.21. The zero-order valence-corrected chi connectivity index (χ0v) is 13.6. The van der Waals surface area contributed by atoms with E-state index >= 15 is 0 Å². The number of methoxy groups -OCH3 is 1. The normalized spacial score (nSPS) is 10.1. The summed E-state index contributed by atoms with van der Waals surface area (Å²) < 4.78 is 5.90. The molecule has 0 bridgehead atoms. The highest BCUT2D eigenvalue weighted by molar-refractivity contribution is 9.10. The number of nitrogens with one attached hydrogen (secondary N) is 1. The van der Waals surface area contributed by atoms with Gasteiger partial charge in [0.1, 0.15) is 5.75 Å². The number of amides is 1. The minimum absolute atomic E-state index is 0.0407. The lowest BCUT2D eigenvalue weighted by molar-refractivity contribution is -0.255. The highest BCUT2D eigenvalue weighted by atomic mass is 79.9. The summed E-state index contributed by atoms with van der Waals surface area (Å²) in [6.07, 6.45) is 0. The fourth-order valence-corrected chi connectivity index (χ4v) is 2.40. The SMILES string of the molecule is COc1ccc(Br)cc1C(=O)Nc1cccc(C(=O)[O-])c1C. The quantitative estimate of drug-likeness (QED) is 0.905. The van der Waals surface area contributed by atoms with Crippen molar-refractivity contribution >= 4 is 33.5 Å². The van der Waals surface area contributed by atoms with E-state index in [1.54, 1.807) is 37.3 Å². The van der Waals surface area contributed by atoms with Gasteiger partial charge in [0.2, 0.25) is 0 Å². The van der Waals surface area contributed by atoms with Crippen LogP contribution in [-0.4, -0.2) is 19.0 Å². The van der Waals surface area contributed by atoms with Crippen LogP contribution in [0.2, 0.25) is 0 Å². The number of benzene rings is 2. The molecule has 0 aliphatic heterocycles. The lowest BCUT2D eigenvalue weighted by atomic mass is 10.1. The third kappa shape index (κ3) is 3.28. The first-order chi connectivity index (χ1) is 10.4. The largest absolute Gasteiger partial charge is 0.545 e. The predicted octanol–water partition coefficient (Wildman–Crippen LogP) is 2.38. The Bertz CT molecular complexity index is 743. The third-order valence-corrected chi connectivity index (χ3v) is 3.70.